The zero-order valence-electron chi connectivity index (χ0n) is 35.4. The van der Waals surface area contributed by atoms with Crippen LogP contribution in [0, 0.1) is 0 Å². The summed E-state index contributed by atoms with van der Waals surface area (Å²) in [6, 6.07) is 0. The molecule has 0 radical (unpaired) electrons. The summed E-state index contributed by atoms with van der Waals surface area (Å²) in [5.74, 6) is -2.44. The van der Waals surface area contributed by atoms with E-state index in [0.717, 1.165) is 44.9 Å². The number of ether oxygens (including phenoxy) is 4. The molecule has 1 saturated heterocycles. The van der Waals surface area contributed by atoms with Crippen LogP contribution in [-0.2, 0) is 33.3 Å². The first-order valence-corrected chi connectivity index (χ1v) is 22.7. The molecule has 0 aromatic heterocycles. The Morgan fingerprint density at radius 2 is 0.946 bits per heavy atom. The van der Waals surface area contributed by atoms with Gasteiger partial charge in [-0.05, 0) is 38.5 Å². The fourth-order valence-electron chi connectivity index (χ4n) is 6.99. The minimum atomic E-state index is -1.86. The topological polar surface area (TPSA) is 169 Å². The number of rotatable bonds is 38. The van der Waals surface area contributed by atoms with Crippen LogP contribution in [-0.4, -0.2) is 88.4 Å². The second-order valence-electron chi connectivity index (χ2n) is 15.9. The van der Waals surface area contributed by atoms with E-state index < -0.39 is 54.7 Å². The van der Waals surface area contributed by atoms with Crippen LogP contribution in [0.25, 0.3) is 0 Å². The number of aliphatic hydroxyl groups is 3. The summed E-state index contributed by atoms with van der Waals surface area (Å²) in [4.78, 5) is 36.8. The Hall–Kier alpha value is -2.05. The van der Waals surface area contributed by atoms with Crippen molar-refractivity contribution in [3.8, 4) is 0 Å². The second-order valence-corrected chi connectivity index (χ2v) is 15.9. The van der Waals surface area contributed by atoms with Gasteiger partial charge in [0.15, 0.2) is 18.5 Å². The maximum Gasteiger partial charge on any atom is 0.335 e. The Kier molecular flexibility index (Phi) is 33.5. The van der Waals surface area contributed by atoms with E-state index in [2.05, 4.69) is 26.0 Å². The summed E-state index contributed by atoms with van der Waals surface area (Å²) in [5, 5.41) is 39.8. The van der Waals surface area contributed by atoms with Crippen molar-refractivity contribution in [2.24, 2.45) is 0 Å². The van der Waals surface area contributed by atoms with Gasteiger partial charge in [-0.3, -0.25) is 9.59 Å². The maximum atomic E-state index is 12.7. The third-order valence-electron chi connectivity index (χ3n) is 10.6. The zero-order valence-corrected chi connectivity index (χ0v) is 35.4. The Morgan fingerprint density at radius 1 is 0.536 bits per heavy atom. The van der Waals surface area contributed by atoms with Crippen molar-refractivity contribution in [2.75, 3.05) is 13.2 Å². The predicted octanol–water partition coefficient (Wildman–Crippen LogP) is 9.65. The lowest BCUT2D eigenvalue weighted by molar-refractivity contribution is -0.298. The van der Waals surface area contributed by atoms with Gasteiger partial charge in [-0.1, -0.05) is 167 Å². The molecule has 6 atom stereocenters. The largest absolute Gasteiger partial charge is 0.479 e. The first kappa shape index (κ1) is 52.0. The van der Waals surface area contributed by atoms with Crippen LogP contribution in [0.15, 0.2) is 12.2 Å². The number of carbonyl (C=O) groups is 3. The number of carbonyl (C=O) groups excluding carboxylic acids is 2. The highest BCUT2D eigenvalue weighted by atomic mass is 16.7. The van der Waals surface area contributed by atoms with Crippen LogP contribution < -0.4 is 0 Å². The summed E-state index contributed by atoms with van der Waals surface area (Å²) >= 11 is 0. The fraction of sp³-hybridized carbons (Fsp3) is 0.889. The highest BCUT2D eigenvalue weighted by Gasteiger charge is 2.47. The van der Waals surface area contributed by atoms with Gasteiger partial charge in [0, 0.05) is 12.8 Å². The number of aliphatic hydroxyl groups excluding tert-OH is 3. The van der Waals surface area contributed by atoms with E-state index >= 15 is 0 Å². The Morgan fingerprint density at radius 3 is 1.39 bits per heavy atom. The molecular formula is C45H82O11. The SMILES string of the molecule is CCCCCCCC/C=C\CCCCCCCCCC(=O)OCC(COC1OC(C(=O)O)C(O)C(O)C1O)OC(=O)CCCCCCCCCCCCCCC. The summed E-state index contributed by atoms with van der Waals surface area (Å²) in [6.45, 7) is 3.81. The van der Waals surface area contributed by atoms with E-state index in [1.165, 1.54) is 122 Å². The van der Waals surface area contributed by atoms with Crippen molar-refractivity contribution < 1.29 is 53.8 Å². The molecule has 11 heteroatoms. The van der Waals surface area contributed by atoms with Crippen molar-refractivity contribution in [3.63, 3.8) is 0 Å². The predicted molar refractivity (Wildman–Crippen MR) is 220 cm³/mol. The normalized spacial score (nSPS) is 20.3. The summed E-state index contributed by atoms with van der Waals surface area (Å²) < 4.78 is 21.7. The lowest BCUT2D eigenvalue weighted by atomic mass is 9.99. The fourth-order valence-corrected chi connectivity index (χ4v) is 6.99. The molecule has 0 spiro atoms. The molecule has 0 aliphatic carbocycles. The number of aliphatic carboxylic acids is 1. The van der Waals surface area contributed by atoms with Crippen LogP contribution in [0.5, 0.6) is 0 Å². The summed E-state index contributed by atoms with van der Waals surface area (Å²) in [5.41, 5.74) is 0. The van der Waals surface area contributed by atoms with E-state index in [4.69, 9.17) is 18.9 Å². The van der Waals surface area contributed by atoms with Crippen molar-refractivity contribution in [3.05, 3.63) is 12.2 Å². The van der Waals surface area contributed by atoms with E-state index in [9.17, 15) is 34.8 Å². The molecule has 1 rings (SSSR count). The van der Waals surface area contributed by atoms with E-state index in [-0.39, 0.29) is 26.1 Å². The monoisotopic (exact) mass is 799 g/mol. The van der Waals surface area contributed by atoms with Gasteiger partial charge in [0.25, 0.3) is 0 Å². The number of carboxylic acid groups (broad SMARTS) is 1. The molecule has 1 heterocycles. The van der Waals surface area contributed by atoms with Crippen LogP contribution in [0.4, 0.5) is 0 Å². The first-order chi connectivity index (χ1) is 27.2. The van der Waals surface area contributed by atoms with E-state index in [1.807, 2.05) is 0 Å². The Bertz CT molecular complexity index is 989. The molecule has 1 aliphatic heterocycles. The zero-order chi connectivity index (χ0) is 41.1. The van der Waals surface area contributed by atoms with Crippen molar-refractivity contribution >= 4 is 17.9 Å². The van der Waals surface area contributed by atoms with Gasteiger partial charge < -0.3 is 39.4 Å². The standard InChI is InChI=1S/C45H82O11/c1-3-5-7-9-11-13-15-17-18-19-20-22-23-25-27-29-31-33-38(46)53-35-37(36-54-45-42(50)40(48)41(49)43(56-45)44(51)52)55-39(47)34-32-30-28-26-24-21-16-14-12-10-8-6-4-2/h17-18,37,40-43,45,48-50H,3-16,19-36H2,1-2H3,(H,51,52)/b18-17-. The van der Waals surface area contributed by atoms with Crippen molar-refractivity contribution in [1.29, 1.82) is 0 Å². The molecular weight excluding hydrogens is 716 g/mol. The molecule has 0 saturated carbocycles. The van der Waals surface area contributed by atoms with Gasteiger partial charge in [-0.15, -0.1) is 0 Å². The molecule has 4 N–H and O–H groups in total. The highest BCUT2D eigenvalue weighted by Crippen LogP contribution is 2.23. The molecule has 56 heavy (non-hydrogen) atoms. The third kappa shape index (κ3) is 27.6. The molecule has 0 amide bonds. The number of hydrogen-bond acceptors (Lipinski definition) is 10. The Labute approximate surface area is 339 Å². The molecule has 11 nitrogen and oxygen atoms in total. The molecule has 0 bridgehead atoms. The van der Waals surface area contributed by atoms with Gasteiger partial charge >= 0.3 is 17.9 Å². The number of carboxylic acids is 1. The number of hydrogen-bond donors (Lipinski definition) is 4. The number of esters is 2. The van der Waals surface area contributed by atoms with Gasteiger partial charge in [0.1, 0.15) is 24.9 Å². The van der Waals surface area contributed by atoms with Crippen molar-refractivity contribution in [1.82, 2.24) is 0 Å². The molecule has 0 aromatic rings. The van der Waals surface area contributed by atoms with E-state index in [1.54, 1.807) is 0 Å². The minimum Gasteiger partial charge on any atom is -0.479 e. The second kappa shape index (κ2) is 36.1. The van der Waals surface area contributed by atoms with Crippen LogP contribution >= 0.6 is 0 Å². The number of unbranched alkanes of at least 4 members (excludes halogenated alkanes) is 25. The van der Waals surface area contributed by atoms with Gasteiger partial charge in [0.2, 0.25) is 0 Å². The van der Waals surface area contributed by atoms with Crippen LogP contribution in [0.1, 0.15) is 206 Å². The van der Waals surface area contributed by atoms with Crippen molar-refractivity contribution in [2.45, 2.75) is 243 Å². The maximum absolute atomic E-state index is 12.7. The first-order valence-electron chi connectivity index (χ1n) is 22.7. The number of allylic oxidation sites excluding steroid dienone is 2. The molecule has 328 valence electrons. The molecule has 1 aliphatic rings. The lowest BCUT2D eigenvalue weighted by Gasteiger charge is -2.38. The van der Waals surface area contributed by atoms with Gasteiger partial charge in [-0.2, -0.15) is 0 Å². The van der Waals surface area contributed by atoms with Crippen LogP contribution in [0.2, 0.25) is 0 Å². The van der Waals surface area contributed by atoms with Gasteiger partial charge in [-0.25, -0.2) is 4.79 Å². The average molecular weight is 799 g/mol. The lowest BCUT2D eigenvalue weighted by Crippen LogP contribution is -2.60. The van der Waals surface area contributed by atoms with E-state index in [0.29, 0.717) is 12.8 Å². The highest BCUT2D eigenvalue weighted by molar-refractivity contribution is 5.73. The quantitative estimate of drug-likeness (QED) is 0.0267. The summed E-state index contributed by atoms with van der Waals surface area (Å²) in [7, 11) is 0. The van der Waals surface area contributed by atoms with Gasteiger partial charge in [0.05, 0.1) is 6.61 Å². The van der Waals surface area contributed by atoms with Crippen LogP contribution in [0.3, 0.4) is 0 Å². The third-order valence-corrected chi connectivity index (χ3v) is 10.6. The minimum absolute atomic E-state index is 0.187. The average Bonchev–Trinajstić information content (AvgIpc) is 3.18. The molecule has 6 unspecified atom stereocenters. The Balaban J connectivity index is 2.35. The molecule has 0 aromatic carbocycles. The summed E-state index contributed by atoms with van der Waals surface area (Å²) in [6.07, 6.45) is 28.3. The molecule has 1 fully saturated rings. The smallest absolute Gasteiger partial charge is 0.335 e.